The van der Waals surface area contributed by atoms with Crippen molar-refractivity contribution in [2.24, 2.45) is 0 Å². The number of carbonyl (C=O) groups is 1. The monoisotopic (exact) mass is 192 g/mol. The van der Waals surface area contributed by atoms with Crippen LogP contribution in [-0.2, 0) is 0 Å². The molecule has 1 N–H and O–H groups in total. The van der Waals surface area contributed by atoms with Gasteiger partial charge in [0.05, 0.1) is 11.6 Å². The molecule has 0 radical (unpaired) electrons. The van der Waals surface area contributed by atoms with E-state index < -0.39 is 0 Å². The second-order valence-corrected chi connectivity index (χ2v) is 3.09. The Balaban J connectivity index is 2.79. The first-order valence-corrected chi connectivity index (χ1v) is 4.84. The second kappa shape index (κ2) is 4.53. The summed E-state index contributed by atoms with van der Waals surface area (Å²) in [5.41, 5.74) is 1.19. The van der Waals surface area contributed by atoms with E-state index in [-0.39, 0.29) is 5.24 Å². The molecule has 3 nitrogen and oxygen atoms in total. The van der Waals surface area contributed by atoms with E-state index >= 15 is 0 Å². The molecule has 0 aliphatic heterocycles. The van der Waals surface area contributed by atoms with Crippen molar-refractivity contribution >= 4 is 22.7 Å². The third kappa shape index (κ3) is 2.80. The molecule has 1 amide bonds. The van der Waals surface area contributed by atoms with Gasteiger partial charge in [0, 0.05) is 5.69 Å². The fraction of sp³-hybridized carbons (Fsp3) is 0.111. The molecule has 0 saturated carbocycles. The number of thioether (sulfide) groups is 1. The van der Waals surface area contributed by atoms with Gasteiger partial charge in [-0.1, -0.05) is 17.8 Å². The molecule has 1 rings (SSSR count). The third-order valence-corrected chi connectivity index (χ3v) is 1.90. The van der Waals surface area contributed by atoms with Gasteiger partial charge in [-0.2, -0.15) is 5.26 Å². The van der Waals surface area contributed by atoms with Crippen molar-refractivity contribution < 1.29 is 4.79 Å². The van der Waals surface area contributed by atoms with Crippen molar-refractivity contribution in [3.05, 3.63) is 29.8 Å². The van der Waals surface area contributed by atoms with Gasteiger partial charge in [-0.3, -0.25) is 4.79 Å². The van der Waals surface area contributed by atoms with Gasteiger partial charge in [-0.15, -0.1) is 0 Å². The van der Waals surface area contributed by atoms with Crippen molar-refractivity contribution in [3.8, 4) is 6.07 Å². The van der Waals surface area contributed by atoms with E-state index in [0.717, 1.165) is 11.8 Å². The van der Waals surface area contributed by atoms with E-state index in [0.29, 0.717) is 11.3 Å². The molecule has 1 aromatic rings. The van der Waals surface area contributed by atoms with Crippen LogP contribution in [0.4, 0.5) is 10.5 Å². The Kier molecular flexibility index (Phi) is 3.35. The van der Waals surface area contributed by atoms with Crippen LogP contribution in [0.15, 0.2) is 24.3 Å². The molecular weight excluding hydrogens is 184 g/mol. The first kappa shape index (κ1) is 9.62. The standard InChI is InChI=1S/C9H8N2OS/c1-13-9(12)11-8-4-2-3-7(5-8)6-10/h2-5H,1H3,(H,11,12). The van der Waals surface area contributed by atoms with Crippen LogP contribution < -0.4 is 5.32 Å². The number of carbonyl (C=O) groups excluding carboxylic acids is 1. The zero-order valence-electron chi connectivity index (χ0n) is 7.07. The maximum atomic E-state index is 10.9. The summed E-state index contributed by atoms with van der Waals surface area (Å²) in [6, 6.07) is 8.80. The number of hydrogen-bond donors (Lipinski definition) is 1. The average Bonchev–Trinajstić information content (AvgIpc) is 2.18. The van der Waals surface area contributed by atoms with Gasteiger partial charge >= 0.3 is 0 Å². The minimum absolute atomic E-state index is 0.130. The van der Waals surface area contributed by atoms with E-state index in [1.807, 2.05) is 6.07 Å². The smallest absolute Gasteiger partial charge is 0.283 e. The summed E-state index contributed by atoms with van der Waals surface area (Å²) in [6.45, 7) is 0. The molecule has 66 valence electrons. The largest absolute Gasteiger partial charge is 0.317 e. The molecule has 13 heavy (non-hydrogen) atoms. The van der Waals surface area contributed by atoms with Gasteiger partial charge in [0.15, 0.2) is 0 Å². The van der Waals surface area contributed by atoms with Crippen LogP contribution in [0.3, 0.4) is 0 Å². The Hall–Kier alpha value is -1.47. The highest BCUT2D eigenvalue weighted by Gasteiger charge is 1.99. The number of hydrogen-bond acceptors (Lipinski definition) is 3. The summed E-state index contributed by atoms with van der Waals surface area (Å²) in [5.74, 6) is 0. The van der Waals surface area contributed by atoms with Crippen molar-refractivity contribution in [3.63, 3.8) is 0 Å². The highest BCUT2D eigenvalue weighted by Crippen LogP contribution is 2.11. The minimum Gasteiger partial charge on any atom is -0.317 e. The summed E-state index contributed by atoms with van der Waals surface area (Å²) < 4.78 is 0. The molecule has 0 fully saturated rings. The van der Waals surface area contributed by atoms with Crippen molar-refractivity contribution in [1.29, 1.82) is 5.26 Å². The number of anilines is 1. The number of nitrogens with zero attached hydrogens (tertiary/aromatic N) is 1. The van der Waals surface area contributed by atoms with E-state index in [1.165, 1.54) is 0 Å². The van der Waals surface area contributed by atoms with Crippen LogP contribution in [0.1, 0.15) is 5.56 Å². The molecule has 1 aromatic carbocycles. The van der Waals surface area contributed by atoms with Gasteiger partial charge in [-0.25, -0.2) is 0 Å². The number of rotatable bonds is 1. The van der Waals surface area contributed by atoms with Gasteiger partial charge < -0.3 is 5.32 Å². The zero-order valence-corrected chi connectivity index (χ0v) is 7.89. The maximum Gasteiger partial charge on any atom is 0.283 e. The number of amides is 1. The predicted octanol–water partition coefficient (Wildman–Crippen LogP) is 2.45. The third-order valence-electron chi connectivity index (χ3n) is 1.42. The van der Waals surface area contributed by atoms with Crippen LogP contribution in [0, 0.1) is 11.3 Å². The van der Waals surface area contributed by atoms with Gasteiger partial charge in [-0.05, 0) is 24.5 Å². The van der Waals surface area contributed by atoms with Crippen molar-refractivity contribution in [2.75, 3.05) is 11.6 Å². The Morgan fingerprint density at radius 2 is 2.38 bits per heavy atom. The van der Waals surface area contributed by atoms with Crippen molar-refractivity contribution in [2.45, 2.75) is 0 Å². The molecule has 0 aliphatic rings. The minimum atomic E-state index is -0.130. The Labute approximate surface area is 80.8 Å². The predicted molar refractivity (Wildman–Crippen MR) is 53.7 cm³/mol. The zero-order chi connectivity index (χ0) is 9.68. The summed E-state index contributed by atoms with van der Waals surface area (Å²) in [7, 11) is 0. The fourth-order valence-corrected chi connectivity index (χ4v) is 1.06. The second-order valence-electron chi connectivity index (χ2n) is 2.31. The average molecular weight is 192 g/mol. The molecule has 0 aromatic heterocycles. The van der Waals surface area contributed by atoms with Crippen LogP contribution in [0.2, 0.25) is 0 Å². The Bertz CT molecular complexity index is 357. The van der Waals surface area contributed by atoms with Crippen LogP contribution >= 0.6 is 11.8 Å². The first-order chi connectivity index (χ1) is 6.26. The van der Waals surface area contributed by atoms with E-state index in [9.17, 15) is 4.79 Å². The molecule has 0 bridgehead atoms. The van der Waals surface area contributed by atoms with Gasteiger partial charge in [0.2, 0.25) is 0 Å². The molecule has 0 heterocycles. The summed E-state index contributed by atoms with van der Waals surface area (Å²) in [5, 5.41) is 11.1. The molecule has 0 saturated heterocycles. The lowest BCUT2D eigenvalue weighted by atomic mass is 10.2. The lowest BCUT2D eigenvalue weighted by Gasteiger charge is -2.01. The lowest BCUT2D eigenvalue weighted by molar-refractivity contribution is 0.270. The van der Waals surface area contributed by atoms with Gasteiger partial charge in [0.1, 0.15) is 0 Å². The van der Waals surface area contributed by atoms with E-state index in [1.54, 1.807) is 30.5 Å². The summed E-state index contributed by atoms with van der Waals surface area (Å²) in [6.07, 6.45) is 1.70. The molecule has 0 unspecified atom stereocenters. The SMILES string of the molecule is CSC(=O)Nc1cccc(C#N)c1. The summed E-state index contributed by atoms with van der Waals surface area (Å²) in [4.78, 5) is 10.9. The number of nitrogens with one attached hydrogen (secondary N) is 1. The normalized spacial score (nSPS) is 8.92. The van der Waals surface area contributed by atoms with Gasteiger partial charge in [0.25, 0.3) is 5.24 Å². The van der Waals surface area contributed by atoms with Crippen LogP contribution in [0.25, 0.3) is 0 Å². The summed E-state index contributed by atoms with van der Waals surface area (Å²) >= 11 is 1.10. The first-order valence-electron chi connectivity index (χ1n) is 3.61. The Morgan fingerprint density at radius 3 is 3.00 bits per heavy atom. The highest BCUT2D eigenvalue weighted by atomic mass is 32.2. The lowest BCUT2D eigenvalue weighted by Crippen LogP contribution is -2.03. The molecule has 0 aliphatic carbocycles. The molecular formula is C9H8N2OS. The van der Waals surface area contributed by atoms with E-state index in [4.69, 9.17) is 5.26 Å². The molecule has 0 spiro atoms. The Morgan fingerprint density at radius 1 is 1.62 bits per heavy atom. The topological polar surface area (TPSA) is 52.9 Å². The highest BCUT2D eigenvalue weighted by molar-refractivity contribution is 8.13. The van der Waals surface area contributed by atoms with Crippen LogP contribution in [-0.4, -0.2) is 11.5 Å². The quantitative estimate of drug-likeness (QED) is 0.743. The number of benzene rings is 1. The maximum absolute atomic E-state index is 10.9. The fourth-order valence-electron chi connectivity index (χ4n) is 0.835. The molecule has 4 heteroatoms. The number of nitriles is 1. The van der Waals surface area contributed by atoms with Crippen LogP contribution in [0.5, 0.6) is 0 Å². The van der Waals surface area contributed by atoms with Crippen molar-refractivity contribution in [1.82, 2.24) is 0 Å². The van der Waals surface area contributed by atoms with E-state index in [2.05, 4.69) is 5.32 Å². The molecule has 0 atom stereocenters.